The van der Waals surface area contributed by atoms with Crippen molar-refractivity contribution in [2.75, 3.05) is 13.2 Å². The number of hydrogen-bond acceptors (Lipinski definition) is 2. The molecule has 25 heavy (non-hydrogen) atoms. The third kappa shape index (κ3) is 3.04. The number of likely N-dealkylation sites (tertiary alicyclic amines) is 1. The number of amides is 1. The van der Waals surface area contributed by atoms with Gasteiger partial charge in [-0.05, 0) is 54.2 Å². The van der Waals surface area contributed by atoms with Crippen LogP contribution in [0.3, 0.4) is 0 Å². The minimum atomic E-state index is -0.608. The molecule has 0 N–H and O–H groups in total. The Morgan fingerprint density at radius 2 is 1.96 bits per heavy atom. The highest BCUT2D eigenvalue weighted by atomic mass is 19.1. The minimum Gasteiger partial charge on any atom is -0.376 e. The topological polar surface area (TPSA) is 29.5 Å². The average molecular weight is 343 g/mol. The van der Waals surface area contributed by atoms with Crippen LogP contribution in [0.15, 0.2) is 36.4 Å². The lowest BCUT2D eigenvalue weighted by molar-refractivity contribution is 0.0728. The fourth-order valence-corrected chi connectivity index (χ4v) is 3.90. The lowest BCUT2D eigenvalue weighted by Gasteiger charge is -2.27. The fourth-order valence-electron chi connectivity index (χ4n) is 3.90. The molecule has 0 saturated carbocycles. The van der Waals surface area contributed by atoms with E-state index in [4.69, 9.17) is 4.74 Å². The van der Waals surface area contributed by atoms with E-state index in [0.29, 0.717) is 43.7 Å². The predicted octanol–water partition coefficient (Wildman–Crippen LogP) is 4.01. The fraction of sp³-hybridized carbons (Fsp3) is 0.350. The number of hydrogen-bond donors (Lipinski definition) is 0. The van der Waals surface area contributed by atoms with Crippen molar-refractivity contribution in [2.45, 2.75) is 31.9 Å². The van der Waals surface area contributed by atoms with Gasteiger partial charge in [0, 0.05) is 18.2 Å². The third-order valence-electron chi connectivity index (χ3n) is 5.04. The normalized spacial score (nSPS) is 19.8. The molecule has 2 heterocycles. The van der Waals surface area contributed by atoms with Gasteiger partial charge in [-0.1, -0.05) is 12.1 Å². The molecule has 0 aromatic heterocycles. The minimum absolute atomic E-state index is 0.0640. The second-order valence-corrected chi connectivity index (χ2v) is 6.61. The smallest absolute Gasteiger partial charge is 0.254 e. The van der Waals surface area contributed by atoms with Gasteiger partial charge in [-0.25, -0.2) is 8.78 Å². The molecule has 2 aliphatic heterocycles. The van der Waals surface area contributed by atoms with Crippen LogP contribution in [0.25, 0.3) is 0 Å². The van der Waals surface area contributed by atoms with Crippen LogP contribution in [-0.2, 0) is 17.8 Å². The summed E-state index contributed by atoms with van der Waals surface area (Å²) in [6.45, 7) is 1.73. The molecule has 0 bridgehead atoms. The average Bonchev–Trinajstić information content (AvgIpc) is 3.09. The summed E-state index contributed by atoms with van der Waals surface area (Å²) >= 11 is 0. The molecule has 2 aliphatic rings. The van der Waals surface area contributed by atoms with Crippen molar-refractivity contribution in [2.24, 2.45) is 0 Å². The van der Waals surface area contributed by atoms with E-state index in [1.54, 1.807) is 4.90 Å². The van der Waals surface area contributed by atoms with Crippen molar-refractivity contribution in [1.82, 2.24) is 4.90 Å². The van der Waals surface area contributed by atoms with Crippen LogP contribution < -0.4 is 0 Å². The third-order valence-corrected chi connectivity index (χ3v) is 5.04. The van der Waals surface area contributed by atoms with Crippen molar-refractivity contribution in [3.8, 4) is 0 Å². The summed E-state index contributed by atoms with van der Waals surface area (Å²) in [6.07, 6.45) is 2.25. The van der Waals surface area contributed by atoms with E-state index in [-0.39, 0.29) is 11.9 Å². The number of halogens is 2. The molecule has 1 amide bonds. The van der Waals surface area contributed by atoms with Crippen molar-refractivity contribution in [1.29, 1.82) is 0 Å². The first-order valence-electron chi connectivity index (χ1n) is 8.59. The molecule has 0 spiro atoms. The summed E-state index contributed by atoms with van der Waals surface area (Å²) in [5.41, 5.74) is 3.29. The molecule has 1 saturated heterocycles. The van der Waals surface area contributed by atoms with Crippen LogP contribution in [-0.4, -0.2) is 24.0 Å². The number of carbonyl (C=O) groups is 1. The zero-order chi connectivity index (χ0) is 17.4. The highest BCUT2D eigenvalue weighted by Crippen LogP contribution is 2.35. The van der Waals surface area contributed by atoms with Gasteiger partial charge in [-0.15, -0.1) is 0 Å². The van der Waals surface area contributed by atoms with Crippen molar-refractivity contribution in [3.63, 3.8) is 0 Å². The van der Waals surface area contributed by atoms with Gasteiger partial charge >= 0.3 is 0 Å². The van der Waals surface area contributed by atoms with Gasteiger partial charge in [-0.2, -0.15) is 0 Å². The van der Waals surface area contributed by atoms with Gasteiger partial charge < -0.3 is 9.64 Å². The van der Waals surface area contributed by atoms with Crippen LogP contribution in [0.4, 0.5) is 8.78 Å². The molecule has 1 unspecified atom stereocenters. The molecule has 2 aromatic carbocycles. The zero-order valence-corrected chi connectivity index (χ0v) is 13.8. The number of nitrogens with zero attached hydrogens (tertiary/aromatic N) is 1. The van der Waals surface area contributed by atoms with E-state index in [0.717, 1.165) is 23.6 Å². The van der Waals surface area contributed by atoms with Crippen molar-refractivity contribution in [3.05, 3.63) is 70.3 Å². The first kappa shape index (κ1) is 16.2. The maximum Gasteiger partial charge on any atom is 0.254 e. The Morgan fingerprint density at radius 3 is 2.76 bits per heavy atom. The van der Waals surface area contributed by atoms with Crippen LogP contribution in [0, 0.1) is 11.6 Å². The largest absolute Gasteiger partial charge is 0.376 e. The highest BCUT2D eigenvalue weighted by Gasteiger charge is 2.32. The number of fused-ring (bicyclic) bond motifs is 1. The summed E-state index contributed by atoms with van der Waals surface area (Å²) in [4.78, 5) is 14.9. The Hall–Kier alpha value is -2.27. The Morgan fingerprint density at radius 1 is 1.16 bits per heavy atom. The Labute approximate surface area is 145 Å². The van der Waals surface area contributed by atoms with Gasteiger partial charge in [0.1, 0.15) is 11.6 Å². The summed E-state index contributed by atoms with van der Waals surface area (Å²) in [6, 6.07) is 8.92. The molecular weight excluding hydrogens is 324 g/mol. The standard InChI is InChI=1S/C20H19F2NO2/c21-15-9-14(10-16(22)11-15)19-5-2-7-23(19)20(24)18-4-1-3-13-12-25-8-6-17(13)18/h1,3-4,9-11,19H,2,5-8,12H2. The van der Waals surface area contributed by atoms with E-state index in [1.807, 2.05) is 18.2 Å². The molecule has 3 nitrogen and oxygen atoms in total. The van der Waals surface area contributed by atoms with Crippen LogP contribution in [0.1, 0.15) is 45.9 Å². The Bertz CT molecular complexity index is 801. The summed E-state index contributed by atoms with van der Waals surface area (Å²) < 4.78 is 32.7. The van der Waals surface area contributed by atoms with Crippen molar-refractivity contribution >= 4 is 5.91 Å². The number of benzene rings is 2. The van der Waals surface area contributed by atoms with Gasteiger partial charge in [-0.3, -0.25) is 4.79 Å². The monoisotopic (exact) mass is 343 g/mol. The van der Waals surface area contributed by atoms with Gasteiger partial charge in [0.05, 0.1) is 19.3 Å². The summed E-state index contributed by atoms with van der Waals surface area (Å²) in [7, 11) is 0. The Kier molecular flexibility index (Phi) is 4.25. The maximum absolute atomic E-state index is 13.6. The van der Waals surface area contributed by atoms with E-state index in [9.17, 15) is 13.6 Å². The highest BCUT2D eigenvalue weighted by molar-refractivity contribution is 5.96. The maximum atomic E-state index is 13.6. The molecule has 2 aromatic rings. The molecule has 1 fully saturated rings. The molecule has 1 atom stereocenters. The van der Waals surface area contributed by atoms with Gasteiger partial charge in [0.25, 0.3) is 5.91 Å². The van der Waals surface area contributed by atoms with E-state index in [1.165, 1.54) is 12.1 Å². The predicted molar refractivity (Wildman–Crippen MR) is 89.2 cm³/mol. The van der Waals surface area contributed by atoms with Crippen LogP contribution in [0.5, 0.6) is 0 Å². The lowest BCUT2D eigenvalue weighted by atomic mass is 9.95. The SMILES string of the molecule is O=C(c1cccc2c1CCOC2)N1CCCC1c1cc(F)cc(F)c1. The molecule has 4 rings (SSSR count). The Balaban J connectivity index is 1.68. The molecule has 0 aliphatic carbocycles. The van der Waals surface area contributed by atoms with Gasteiger partial charge in [0.2, 0.25) is 0 Å². The van der Waals surface area contributed by atoms with Crippen LogP contribution >= 0.6 is 0 Å². The van der Waals surface area contributed by atoms with E-state index >= 15 is 0 Å². The van der Waals surface area contributed by atoms with Crippen LogP contribution in [0.2, 0.25) is 0 Å². The molecule has 130 valence electrons. The number of ether oxygens (including phenoxy) is 1. The number of rotatable bonds is 2. The lowest BCUT2D eigenvalue weighted by Crippen LogP contribution is -2.32. The summed E-state index contributed by atoms with van der Waals surface area (Å²) in [5, 5.41) is 0. The second-order valence-electron chi connectivity index (χ2n) is 6.61. The van der Waals surface area contributed by atoms with Gasteiger partial charge in [0.15, 0.2) is 0 Å². The zero-order valence-electron chi connectivity index (χ0n) is 13.8. The molecular formula is C20H19F2NO2. The van der Waals surface area contributed by atoms with E-state index in [2.05, 4.69) is 0 Å². The second kappa shape index (κ2) is 6.56. The molecule has 0 radical (unpaired) electrons. The number of carbonyl (C=O) groups excluding carboxylic acids is 1. The molecule has 5 heteroatoms. The van der Waals surface area contributed by atoms with E-state index < -0.39 is 11.6 Å². The summed E-state index contributed by atoms with van der Waals surface area (Å²) in [5.74, 6) is -1.28. The van der Waals surface area contributed by atoms with Crippen molar-refractivity contribution < 1.29 is 18.3 Å². The first-order chi connectivity index (χ1) is 12.1. The quantitative estimate of drug-likeness (QED) is 0.824. The first-order valence-corrected chi connectivity index (χ1v) is 8.59.